The highest BCUT2D eigenvalue weighted by Gasteiger charge is 2.20. The Kier molecular flexibility index (Phi) is 3.58. The number of hydrogen-bond donors (Lipinski definition) is 0. The average molecular weight is 246 g/mol. The highest BCUT2D eigenvalue weighted by Crippen LogP contribution is 2.27. The molecule has 0 radical (unpaired) electrons. The van der Waals surface area contributed by atoms with Crippen molar-refractivity contribution in [3.05, 3.63) is 39.9 Å². The molecule has 0 saturated carbocycles. The Morgan fingerprint density at radius 3 is 2.44 bits per heavy atom. The smallest absolute Gasteiger partial charge is 0.275 e. The van der Waals surface area contributed by atoms with E-state index in [1.807, 2.05) is 0 Å². The Morgan fingerprint density at radius 2 is 1.94 bits per heavy atom. The number of nitro groups is 1. The predicted octanol–water partition coefficient (Wildman–Crippen LogP) is 1.13. The van der Waals surface area contributed by atoms with Crippen LogP contribution in [-0.2, 0) is 14.6 Å². The zero-order valence-electron chi connectivity index (χ0n) is 8.19. The number of para-hydroxylation sites is 1. The van der Waals surface area contributed by atoms with Crippen LogP contribution in [0.25, 0.3) is 0 Å². The van der Waals surface area contributed by atoms with Crippen LogP contribution >= 0.6 is 0 Å². The van der Waals surface area contributed by atoms with E-state index in [0.717, 1.165) is 0 Å². The van der Waals surface area contributed by atoms with Crippen molar-refractivity contribution >= 4 is 16.1 Å². The van der Waals surface area contributed by atoms with Gasteiger partial charge in [-0.3, -0.25) is 14.3 Å². The molecule has 7 nitrogen and oxygen atoms in total. The molecule has 0 saturated heterocycles. The average Bonchev–Trinajstić information content (AvgIpc) is 2.15. The maximum absolute atomic E-state index is 10.6. The SMILES string of the molecule is C[C@@H](OS(=O)(=O)[O-])c1ccccc1[N+](=O)[O-]. The zero-order valence-corrected chi connectivity index (χ0v) is 9.01. The molecule has 0 bridgehead atoms. The fraction of sp³-hybridized carbons (Fsp3) is 0.250. The molecule has 1 atom stereocenters. The topological polar surface area (TPSA) is 110 Å². The number of hydrogen-bond acceptors (Lipinski definition) is 6. The van der Waals surface area contributed by atoms with E-state index in [1.165, 1.54) is 31.2 Å². The van der Waals surface area contributed by atoms with Crippen LogP contribution in [0.1, 0.15) is 18.6 Å². The van der Waals surface area contributed by atoms with Crippen molar-refractivity contribution in [3.8, 4) is 0 Å². The highest BCUT2D eigenvalue weighted by atomic mass is 32.3. The Labute approximate surface area is 91.8 Å². The molecule has 0 aliphatic rings. The van der Waals surface area contributed by atoms with E-state index in [1.54, 1.807) is 0 Å². The first kappa shape index (κ1) is 12.6. The fourth-order valence-corrected chi connectivity index (χ4v) is 1.68. The third-order valence-corrected chi connectivity index (χ3v) is 2.36. The van der Waals surface area contributed by atoms with E-state index in [0.29, 0.717) is 0 Å². The van der Waals surface area contributed by atoms with Gasteiger partial charge in [-0.25, -0.2) is 8.42 Å². The molecule has 8 heteroatoms. The van der Waals surface area contributed by atoms with Gasteiger partial charge in [0.15, 0.2) is 0 Å². The van der Waals surface area contributed by atoms with Gasteiger partial charge in [0, 0.05) is 6.07 Å². The minimum Gasteiger partial charge on any atom is -0.726 e. The maximum atomic E-state index is 10.6. The molecule has 88 valence electrons. The van der Waals surface area contributed by atoms with Crippen LogP contribution in [0.2, 0.25) is 0 Å². The second-order valence-electron chi connectivity index (χ2n) is 2.96. The number of nitro benzene ring substituents is 1. The first-order valence-corrected chi connectivity index (χ1v) is 5.52. The lowest BCUT2D eigenvalue weighted by atomic mass is 10.1. The lowest BCUT2D eigenvalue weighted by Crippen LogP contribution is -2.10. The summed E-state index contributed by atoms with van der Waals surface area (Å²) >= 11 is 0. The molecule has 1 rings (SSSR count). The molecule has 0 aromatic heterocycles. The molecule has 0 N–H and O–H groups in total. The van der Waals surface area contributed by atoms with Crippen LogP contribution in [0.3, 0.4) is 0 Å². The van der Waals surface area contributed by atoms with E-state index in [4.69, 9.17) is 0 Å². The largest absolute Gasteiger partial charge is 0.726 e. The van der Waals surface area contributed by atoms with Crippen molar-refractivity contribution < 1.29 is 22.1 Å². The molecule has 0 aliphatic carbocycles. The number of rotatable bonds is 4. The molecule has 0 aliphatic heterocycles. The zero-order chi connectivity index (χ0) is 12.3. The summed E-state index contributed by atoms with van der Waals surface area (Å²) in [5, 5.41) is 10.6. The van der Waals surface area contributed by atoms with Gasteiger partial charge in [-0.2, -0.15) is 0 Å². The Hall–Kier alpha value is -1.51. The summed E-state index contributed by atoms with van der Waals surface area (Å²) < 4.78 is 35.2. The molecule has 0 amide bonds. The normalized spacial score (nSPS) is 13.4. The first-order valence-electron chi connectivity index (χ1n) is 4.18. The van der Waals surface area contributed by atoms with Gasteiger partial charge in [0.25, 0.3) is 5.69 Å². The maximum Gasteiger partial charge on any atom is 0.275 e. The minimum atomic E-state index is -4.89. The molecule has 0 heterocycles. The van der Waals surface area contributed by atoms with E-state index >= 15 is 0 Å². The van der Waals surface area contributed by atoms with Gasteiger partial charge in [-0.1, -0.05) is 12.1 Å². The van der Waals surface area contributed by atoms with Crippen LogP contribution in [0.4, 0.5) is 5.69 Å². The van der Waals surface area contributed by atoms with Crippen LogP contribution in [0.5, 0.6) is 0 Å². The molecular weight excluding hydrogens is 238 g/mol. The van der Waals surface area contributed by atoms with E-state index in [9.17, 15) is 23.1 Å². The van der Waals surface area contributed by atoms with Crippen molar-refractivity contribution in [2.24, 2.45) is 0 Å². The molecule has 0 fully saturated rings. The molecule has 16 heavy (non-hydrogen) atoms. The van der Waals surface area contributed by atoms with Crippen LogP contribution in [-0.4, -0.2) is 17.9 Å². The first-order chi connectivity index (χ1) is 7.31. The summed E-state index contributed by atoms with van der Waals surface area (Å²) in [7, 11) is -4.89. The molecule has 0 spiro atoms. The highest BCUT2D eigenvalue weighted by molar-refractivity contribution is 7.80. The second-order valence-corrected chi connectivity index (χ2v) is 3.97. The Morgan fingerprint density at radius 1 is 1.38 bits per heavy atom. The van der Waals surface area contributed by atoms with Crippen molar-refractivity contribution in [1.29, 1.82) is 0 Å². The van der Waals surface area contributed by atoms with Crippen LogP contribution in [0, 0.1) is 10.1 Å². The van der Waals surface area contributed by atoms with Gasteiger partial charge in [0.05, 0.1) is 10.5 Å². The van der Waals surface area contributed by atoms with Gasteiger partial charge < -0.3 is 4.55 Å². The lowest BCUT2D eigenvalue weighted by molar-refractivity contribution is -0.386. The molecule has 1 aromatic carbocycles. The van der Waals surface area contributed by atoms with Crippen molar-refractivity contribution in [2.45, 2.75) is 13.0 Å². The summed E-state index contributed by atoms with van der Waals surface area (Å²) in [6.07, 6.45) is -1.19. The van der Waals surface area contributed by atoms with E-state index in [2.05, 4.69) is 4.18 Å². The number of benzene rings is 1. The fourth-order valence-electron chi connectivity index (χ4n) is 1.23. The summed E-state index contributed by atoms with van der Waals surface area (Å²) in [6, 6.07) is 5.44. The summed E-state index contributed by atoms with van der Waals surface area (Å²) in [4.78, 5) is 9.94. The van der Waals surface area contributed by atoms with Crippen molar-refractivity contribution in [1.82, 2.24) is 0 Å². The second kappa shape index (κ2) is 4.56. The summed E-state index contributed by atoms with van der Waals surface area (Å²) in [5.41, 5.74) is -0.259. The quantitative estimate of drug-likeness (QED) is 0.341. The molecule has 1 aromatic rings. The minimum absolute atomic E-state index is 0.0342. The van der Waals surface area contributed by atoms with Crippen molar-refractivity contribution in [2.75, 3.05) is 0 Å². The van der Waals surface area contributed by atoms with Gasteiger partial charge in [-0.05, 0) is 13.0 Å². The third kappa shape index (κ3) is 3.26. The van der Waals surface area contributed by atoms with E-state index < -0.39 is 21.4 Å². The summed E-state index contributed by atoms with van der Waals surface area (Å²) in [6.45, 7) is 1.25. The third-order valence-electron chi connectivity index (χ3n) is 1.83. The lowest BCUT2D eigenvalue weighted by Gasteiger charge is -2.15. The predicted molar refractivity (Wildman–Crippen MR) is 52.3 cm³/mol. The van der Waals surface area contributed by atoms with Gasteiger partial charge in [0.1, 0.15) is 6.10 Å². The van der Waals surface area contributed by atoms with Gasteiger partial charge in [0.2, 0.25) is 10.4 Å². The Bertz CT molecular complexity index is 497. The van der Waals surface area contributed by atoms with Crippen molar-refractivity contribution in [3.63, 3.8) is 0 Å². The van der Waals surface area contributed by atoms with Gasteiger partial charge in [-0.15, -0.1) is 0 Å². The standard InChI is InChI=1S/C8H9NO6S/c1-6(15-16(12,13)14)7-4-2-3-5-8(7)9(10)11/h2-6H,1H3,(H,12,13,14)/p-1/t6-/m1/s1. The number of nitrogens with zero attached hydrogens (tertiary/aromatic N) is 1. The van der Waals surface area contributed by atoms with Crippen LogP contribution < -0.4 is 0 Å². The molecular formula is C8H8NO6S-. The molecule has 0 unspecified atom stereocenters. The van der Waals surface area contributed by atoms with E-state index in [-0.39, 0.29) is 11.3 Å². The van der Waals surface area contributed by atoms with Gasteiger partial charge >= 0.3 is 0 Å². The Balaban J connectivity index is 3.08. The van der Waals surface area contributed by atoms with Crippen LogP contribution in [0.15, 0.2) is 24.3 Å². The monoisotopic (exact) mass is 246 g/mol. The summed E-state index contributed by atoms with van der Waals surface area (Å²) in [5.74, 6) is 0.